The molecule has 1 aliphatic rings. The van der Waals surface area contributed by atoms with E-state index in [0.717, 1.165) is 21.8 Å². The van der Waals surface area contributed by atoms with E-state index in [2.05, 4.69) is 25.5 Å². The molecule has 1 unspecified atom stereocenters. The zero-order chi connectivity index (χ0) is 24.6. The van der Waals surface area contributed by atoms with Gasteiger partial charge in [-0.1, -0.05) is 52.7 Å². The van der Waals surface area contributed by atoms with Gasteiger partial charge in [-0.3, -0.25) is 15.2 Å². The van der Waals surface area contributed by atoms with Crippen LogP contribution in [-0.2, 0) is 0 Å². The Balaban J connectivity index is 1.41. The van der Waals surface area contributed by atoms with Crippen molar-refractivity contribution in [3.63, 3.8) is 0 Å². The Hall–Kier alpha value is -3.79. The molecule has 0 spiro atoms. The lowest BCUT2D eigenvalue weighted by atomic mass is 10.1. The maximum atomic E-state index is 6.50. The van der Waals surface area contributed by atoms with Crippen LogP contribution >= 0.6 is 34.5 Å². The van der Waals surface area contributed by atoms with Gasteiger partial charge in [-0.15, -0.1) is 10.2 Å². The molecule has 0 aliphatic carbocycles. The maximum Gasteiger partial charge on any atom is 0.302 e. The van der Waals surface area contributed by atoms with Gasteiger partial charge in [0.05, 0.1) is 0 Å². The number of aliphatic imine (C=N–C) groups is 1. The number of nitrogens with one attached hydrogen (secondary N) is 1. The van der Waals surface area contributed by atoms with Crippen LogP contribution in [0.25, 0.3) is 21.7 Å². The van der Waals surface area contributed by atoms with Gasteiger partial charge in [0.25, 0.3) is 0 Å². The molecule has 2 aromatic carbocycles. The van der Waals surface area contributed by atoms with Gasteiger partial charge < -0.3 is 4.42 Å². The maximum absolute atomic E-state index is 6.50. The molecule has 1 aliphatic heterocycles. The Morgan fingerprint density at radius 2 is 1.94 bits per heavy atom. The highest BCUT2D eigenvalue weighted by Gasteiger charge is 2.28. The van der Waals surface area contributed by atoms with Gasteiger partial charge >= 0.3 is 6.01 Å². The quantitative estimate of drug-likeness (QED) is 0.266. The van der Waals surface area contributed by atoms with Gasteiger partial charge in [0.1, 0.15) is 11.6 Å². The van der Waals surface area contributed by atoms with E-state index >= 15 is 0 Å². The van der Waals surface area contributed by atoms with Crippen molar-refractivity contribution in [1.29, 1.82) is 0 Å². The summed E-state index contributed by atoms with van der Waals surface area (Å²) in [5.74, 6) is 0.478. The lowest BCUT2D eigenvalue weighted by Crippen LogP contribution is -2.38. The summed E-state index contributed by atoms with van der Waals surface area (Å²) in [7, 11) is 0. The van der Waals surface area contributed by atoms with Crippen LogP contribution in [0, 0.1) is 0 Å². The number of aromatic nitrogens is 4. The van der Waals surface area contributed by atoms with E-state index in [9.17, 15) is 0 Å². The zero-order valence-corrected chi connectivity index (χ0v) is 21.1. The molecule has 0 saturated carbocycles. The summed E-state index contributed by atoms with van der Waals surface area (Å²) in [4.78, 5) is 15.6. The predicted molar refractivity (Wildman–Crippen MR) is 144 cm³/mol. The molecular formula is C25H17Cl2N7OS. The van der Waals surface area contributed by atoms with Crippen LogP contribution in [0.4, 0.5) is 11.1 Å². The average molecular weight is 534 g/mol. The van der Waals surface area contributed by atoms with Crippen molar-refractivity contribution in [3.8, 4) is 10.6 Å². The summed E-state index contributed by atoms with van der Waals surface area (Å²) >= 11 is 14.0. The van der Waals surface area contributed by atoms with Gasteiger partial charge in [-0.2, -0.15) is 4.98 Å². The molecule has 178 valence electrons. The minimum absolute atomic E-state index is 0.278. The van der Waals surface area contributed by atoms with Crippen LogP contribution in [0.1, 0.15) is 18.5 Å². The van der Waals surface area contributed by atoms with Crippen molar-refractivity contribution in [1.82, 2.24) is 20.2 Å². The molecule has 1 N–H and O–H groups in total. The van der Waals surface area contributed by atoms with E-state index in [-0.39, 0.29) is 12.1 Å². The number of pyridine rings is 1. The van der Waals surface area contributed by atoms with Crippen molar-refractivity contribution in [3.05, 3.63) is 94.4 Å². The smallest absolute Gasteiger partial charge is 0.302 e. The van der Waals surface area contributed by atoms with Crippen LogP contribution in [0.3, 0.4) is 0 Å². The molecule has 11 heteroatoms. The summed E-state index contributed by atoms with van der Waals surface area (Å²) in [5, 5.41) is 14.6. The molecule has 0 saturated heterocycles. The number of hydrogen-bond donors (Lipinski definition) is 1. The first-order valence-electron chi connectivity index (χ1n) is 10.9. The van der Waals surface area contributed by atoms with Gasteiger partial charge in [-0.05, 0) is 48.9 Å². The third kappa shape index (κ3) is 4.32. The number of oxazole rings is 1. The van der Waals surface area contributed by atoms with Crippen molar-refractivity contribution in [2.45, 2.75) is 13.0 Å². The van der Waals surface area contributed by atoms with Gasteiger partial charge in [0, 0.05) is 39.8 Å². The summed E-state index contributed by atoms with van der Waals surface area (Å²) in [6.45, 7) is 1.98. The van der Waals surface area contributed by atoms with Gasteiger partial charge in [0.15, 0.2) is 10.6 Å². The van der Waals surface area contributed by atoms with Crippen molar-refractivity contribution >= 4 is 62.7 Å². The largest absolute Gasteiger partial charge is 0.423 e. The lowest BCUT2D eigenvalue weighted by Gasteiger charge is -2.29. The third-order valence-corrected chi connectivity index (χ3v) is 7.07. The molecule has 8 nitrogen and oxygen atoms in total. The Bertz CT molecular complexity index is 1630. The Kier molecular flexibility index (Phi) is 5.88. The standard InChI is InChI=1S/C25H17Cl2N7OS/c1-14-11-20(17-6-2-3-7-18(17)27)29-23(31-24-30-19-9-8-16(26)12-21(19)35-24)34(14)25-33-32-22(36-25)15-5-4-10-28-13-15/h2-13,20H,1H3,(H,29,30,31). The lowest BCUT2D eigenvalue weighted by molar-refractivity contribution is 0.623. The monoisotopic (exact) mass is 533 g/mol. The number of rotatable bonds is 4. The molecule has 0 radical (unpaired) electrons. The summed E-state index contributed by atoms with van der Waals surface area (Å²) in [6.07, 6.45) is 5.51. The van der Waals surface area contributed by atoms with Crippen molar-refractivity contribution in [2.75, 3.05) is 10.2 Å². The molecule has 3 aromatic heterocycles. The van der Waals surface area contributed by atoms with E-state index in [1.165, 1.54) is 11.3 Å². The topological polar surface area (TPSA) is 92.3 Å². The predicted octanol–water partition coefficient (Wildman–Crippen LogP) is 6.98. The van der Waals surface area contributed by atoms with E-state index < -0.39 is 0 Å². The second kappa shape index (κ2) is 9.34. The first kappa shape index (κ1) is 22.7. The van der Waals surface area contributed by atoms with Gasteiger partial charge in [-0.25, -0.2) is 4.99 Å². The fourth-order valence-corrected chi connectivity index (χ4v) is 5.17. The molecular weight excluding hydrogens is 517 g/mol. The SMILES string of the molecule is CC1=CC(c2ccccc2Cl)N=C(Nc2nc3ccc(Cl)cc3o2)N1c1nnc(-c2cccnc2)s1. The van der Waals surface area contributed by atoms with Crippen LogP contribution in [0.15, 0.2) is 88.2 Å². The number of guanidine groups is 1. The fourth-order valence-electron chi connectivity index (χ4n) is 3.86. The average Bonchev–Trinajstić information content (AvgIpc) is 3.51. The molecule has 0 bridgehead atoms. The van der Waals surface area contributed by atoms with E-state index in [1.807, 2.05) is 54.3 Å². The highest BCUT2D eigenvalue weighted by atomic mass is 35.5. The minimum Gasteiger partial charge on any atom is -0.423 e. The molecule has 5 aromatic rings. The van der Waals surface area contributed by atoms with E-state index in [0.29, 0.717) is 32.2 Å². The first-order chi connectivity index (χ1) is 17.5. The van der Waals surface area contributed by atoms with Crippen molar-refractivity contribution in [2.24, 2.45) is 4.99 Å². The Morgan fingerprint density at radius 1 is 1.06 bits per heavy atom. The fraction of sp³-hybridized carbons (Fsp3) is 0.0800. The highest BCUT2D eigenvalue weighted by molar-refractivity contribution is 7.18. The number of allylic oxidation sites excluding steroid dienone is 1. The minimum atomic E-state index is -0.318. The first-order valence-corrected chi connectivity index (χ1v) is 12.5. The van der Waals surface area contributed by atoms with Crippen LogP contribution in [0.2, 0.25) is 10.0 Å². The Morgan fingerprint density at radius 3 is 2.78 bits per heavy atom. The van der Waals surface area contributed by atoms with Crippen LogP contribution in [-0.4, -0.2) is 26.1 Å². The summed E-state index contributed by atoms with van der Waals surface area (Å²) in [5.41, 5.74) is 3.91. The molecule has 0 amide bonds. The van der Waals surface area contributed by atoms with Crippen LogP contribution < -0.4 is 10.2 Å². The van der Waals surface area contributed by atoms with E-state index in [1.54, 1.807) is 30.6 Å². The Labute approximate surface area is 220 Å². The highest BCUT2D eigenvalue weighted by Crippen LogP contribution is 2.36. The number of anilines is 2. The van der Waals surface area contributed by atoms with Crippen LogP contribution in [0.5, 0.6) is 0 Å². The molecule has 0 fully saturated rings. The van der Waals surface area contributed by atoms with E-state index in [4.69, 9.17) is 32.6 Å². The van der Waals surface area contributed by atoms with Crippen molar-refractivity contribution < 1.29 is 4.42 Å². The molecule has 4 heterocycles. The number of halogens is 2. The molecule has 6 rings (SSSR count). The second-order valence-electron chi connectivity index (χ2n) is 7.95. The number of fused-ring (bicyclic) bond motifs is 1. The molecule has 1 atom stereocenters. The zero-order valence-electron chi connectivity index (χ0n) is 18.8. The molecule has 36 heavy (non-hydrogen) atoms. The second-order valence-corrected chi connectivity index (χ2v) is 9.75. The number of hydrogen-bond acceptors (Lipinski definition) is 9. The summed E-state index contributed by atoms with van der Waals surface area (Å²) in [6, 6.07) is 16.7. The number of benzene rings is 2. The third-order valence-electron chi connectivity index (χ3n) is 5.53. The summed E-state index contributed by atoms with van der Waals surface area (Å²) < 4.78 is 5.91. The van der Waals surface area contributed by atoms with Gasteiger partial charge in [0.2, 0.25) is 11.1 Å². The number of nitrogens with zero attached hydrogens (tertiary/aromatic N) is 6. The normalized spacial score (nSPS) is 15.6.